The van der Waals surface area contributed by atoms with Crippen molar-refractivity contribution in [3.8, 4) is 0 Å². The molecule has 0 spiro atoms. The first-order valence-corrected chi connectivity index (χ1v) is 6.34. The van der Waals surface area contributed by atoms with E-state index in [9.17, 15) is 14.0 Å². The molecule has 20 heavy (non-hydrogen) atoms. The number of nitrogens with one attached hydrogen (secondary N) is 2. The van der Waals surface area contributed by atoms with Crippen LogP contribution in [0, 0.1) is 5.82 Å². The lowest BCUT2D eigenvalue weighted by atomic mass is 10.2. The van der Waals surface area contributed by atoms with Crippen molar-refractivity contribution in [2.45, 2.75) is 13.0 Å². The predicted molar refractivity (Wildman–Crippen MR) is 74.5 cm³/mol. The molecular weight excluding hydrogens is 310 g/mol. The first kappa shape index (κ1) is 16.5. The van der Waals surface area contributed by atoms with Crippen molar-refractivity contribution in [2.75, 3.05) is 19.0 Å². The molecule has 8 heteroatoms. The van der Waals surface area contributed by atoms with Gasteiger partial charge in [-0.3, -0.25) is 4.79 Å². The van der Waals surface area contributed by atoms with Crippen molar-refractivity contribution in [1.29, 1.82) is 0 Å². The van der Waals surface area contributed by atoms with Gasteiger partial charge in [-0.25, -0.2) is 9.18 Å². The predicted octanol–water partition coefficient (Wildman–Crippen LogP) is 2.22. The largest absolute Gasteiger partial charge is 0.467 e. The summed E-state index contributed by atoms with van der Waals surface area (Å²) in [7, 11) is 1.20. The molecule has 110 valence electrons. The summed E-state index contributed by atoms with van der Waals surface area (Å²) in [5.74, 6) is -1.59. The summed E-state index contributed by atoms with van der Waals surface area (Å²) in [4.78, 5) is 22.5. The van der Waals surface area contributed by atoms with E-state index >= 15 is 0 Å². The minimum Gasteiger partial charge on any atom is -0.467 e. The molecule has 0 saturated carbocycles. The average molecular weight is 323 g/mol. The standard InChI is InChI=1S/C12H13Cl2FN2O3/c1-6(18)17-10(12(19)20-2)5-16-11-8(13)3-7(15)4-9(11)14/h3-4,10,16H,5H2,1-2H3,(H,17,18). The van der Waals surface area contributed by atoms with Crippen LogP contribution < -0.4 is 10.6 Å². The van der Waals surface area contributed by atoms with Gasteiger partial charge < -0.3 is 15.4 Å². The number of anilines is 1. The lowest BCUT2D eigenvalue weighted by molar-refractivity contribution is -0.144. The van der Waals surface area contributed by atoms with Crippen LogP contribution in [0.25, 0.3) is 0 Å². The van der Waals surface area contributed by atoms with Gasteiger partial charge in [-0.15, -0.1) is 0 Å². The Morgan fingerprint density at radius 3 is 2.35 bits per heavy atom. The minimum absolute atomic E-state index is 0.00265. The molecule has 1 rings (SSSR count). The third kappa shape index (κ3) is 4.54. The van der Waals surface area contributed by atoms with E-state index in [1.54, 1.807) is 0 Å². The molecule has 5 nitrogen and oxygen atoms in total. The lowest BCUT2D eigenvalue weighted by Gasteiger charge is -2.18. The van der Waals surface area contributed by atoms with Crippen molar-refractivity contribution < 1.29 is 18.7 Å². The van der Waals surface area contributed by atoms with E-state index in [0.29, 0.717) is 0 Å². The third-order valence-electron chi connectivity index (χ3n) is 2.35. The summed E-state index contributed by atoms with van der Waals surface area (Å²) in [5.41, 5.74) is 0.272. The Balaban J connectivity index is 2.82. The average Bonchev–Trinajstić information content (AvgIpc) is 2.34. The van der Waals surface area contributed by atoms with Crippen molar-refractivity contribution in [1.82, 2.24) is 5.32 Å². The highest BCUT2D eigenvalue weighted by Gasteiger charge is 2.20. The molecule has 0 aliphatic heterocycles. The Morgan fingerprint density at radius 1 is 1.35 bits per heavy atom. The minimum atomic E-state index is -0.908. The number of carbonyl (C=O) groups excluding carboxylic acids is 2. The number of esters is 1. The van der Waals surface area contributed by atoms with Crippen LogP contribution in [0.4, 0.5) is 10.1 Å². The van der Waals surface area contributed by atoms with E-state index in [-0.39, 0.29) is 22.3 Å². The van der Waals surface area contributed by atoms with Gasteiger partial charge >= 0.3 is 5.97 Å². The van der Waals surface area contributed by atoms with E-state index in [1.165, 1.54) is 14.0 Å². The number of methoxy groups -OCH3 is 1. The van der Waals surface area contributed by atoms with Crippen molar-refractivity contribution in [3.63, 3.8) is 0 Å². The van der Waals surface area contributed by atoms with E-state index < -0.39 is 23.7 Å². The van der Waals surface area contributed by atoms with Gasteiger partial charge in [0.05, 0.1) is 22.8 Å². The second-order valence-electron chi connectivity index (χ2n) is 3.90. The molecule has 1 aromatic carbocycles. The van der Waals surface area contributed by atoms with Crippen LogP contribution in [0.15, 0.2) is 12.1 Å². The SMILES string of the molecule is COC(=O)C(CNc1c(Cl)cc(F)cc1Cl)NC(C)=O. The van der Waals surface area contributed by atoms with Gasteiger partial charge in [0.2, 0.25) is 5.91 Å². The number of benzene rings is 1. The molecule has 1 atom stereocenters. The Hall–Kier alpha value is -1.53. The quantitative estimate of drug-likeness (QED) is 0.816. The van der Waals surface area contributed by atoms with E-state index in [0.717, 1.165) is 12.1 Å². The molecule has 0 radical (unpaired) electrons. The van der Waals surface area contributed by atoms with Crippen molar-refractivity contribution in [3.05, 3.63) is 28.0 Å². The number of rotatable bonds is 5. The zero-order valence-electron chi connectivity index (χ0n) is 10.8. The summed E-state index contributed by atoms with van der Waals surface area (Å²) >= 11 is 11.7. The van der Waals surface area contributed by atoms with Gasteiger partial charge in [0, 0.05) is 13.5 Å². The fraction of sp³-hybridized carbons (Fsp3) is 0.333. The summed E-state index contributed by atoms with van der Waals surface area (Å²) in [6.45, 7) is 1.27. The molecule has 1 unspecified atom stereocenters. The first-order chi connectivity index (χ1) is 9.35. The van der Waals surface area contributed by atoms with Crippen LogP contribution in [-0.4, -0.2) is 31.6 Å². The zero-order valence-corrected chi connectivity index (χ0v) is 12.3. The normalized spacial score (nSPS) is 11.7. The summed E-state index contributed by atoms with van der Waals surface area (Å²) < 4.78 is 17.6. The fourth-order valence-corrected chi connectivity index (χ4v) is 2.09. The van der Waals surface area contributed by atoms with Crippen LogP contribution in [0.2, 0.25) is 10.0 Å². The number of carbonyl (C=O) groups is 2. The van der Waals surface area contributed by atoms with Gasteiger partial charge in [-0.1, -0.05) is 23.2 Å². The molecule has 0 aliphatic rings. The Kier molecular flexibility index (Phi) is 6.04. The molecule has 0 heterocycles. The summed E-state index contributed by atoms with van der Waals surface area (Å²) in [6.07, 6.45) is 0. The van der Waals surface area contributed by atoms with Crippen LogP contribution in [0.1, 0.15) is 6.92 Å². The highest BCUT2D eigenvalue weighted by molar-refractivity contribution is 6.39. The van der Waals surface area contributed by atoms with Crippen LogP contribution in [-0.2, 0) is 14.3 Å². The number of hydrogen-bond acceptors (Lipinski definition) is 4. The molecule has 0 fully saturated rings. The van der Waals surface area contributed by atoms with Crippen LogP contribution in [0.5, 0.6) is 0 Å². The van der Waals surface area contributed by atoms with E-state index in [4.69, 9.17) is 23.2 Å². The number of ether oxygens (including phenoxy) is 1. The van der Waals surface area contributed by atoms with E-state index in [2.05, 4.69) is 15.4 Å². The number of hydrogen-bond donors (Lipinski definition) is 2. The van der Waals surface area contributed by atoms with Gasteiger partial charge in [-0.2, -0.15) is 0 Å². The Morgan fingerprint density at radius 2 is 1.90 bits per heavy atom. The fourth-order valence-electron chi connectivity index (χ4n) is 1.50. The van der Waals surface area contributed by atoms with Crippen molar-refractivity contribution >= 4 is 40.8 Å². The van der Waals surface area contributed by atoms with Crippen molar-refractivity contribution in [2.24, 2.45) is 0 Å². The number of amides is 1. The van der Waals surface area contributed by atoms with Gasteiger partial charge in [0.1, 0.15) is 11.9 Å². The molecule has 0 aromatic heterocycles. The molecule has 1 aromatic rings. The molecular formula is C12H13Cl2FN2O3. The van der Waals surface area contributed by atoms with Gasteiger partial charge in [-0.05, 0) is 12.1 Å². The zero-order chi connectivity index (χ0) is 15.3. The molecule has 1 amide bonds. The van der Waals surface area contributed by atoms with Gasteiger partial charge in [0.15, 0.2) is 0 Å². The second kappa shape index (κ2) is 7.31. The highest BCUT2D eigenvalue weighted by Crippen LogP contribution is 2.31. The summed E-state index contributed by atoms with van der Waals surface area (Å²) in [5, 5.41) is 5.34. The van der Waals surface area contributed by atoms with Gasteiger partial charge in [0.25, 0.3) is 0 Å². The second-order valence-corrected chi connectivity index (χ2v) is 4.72. The summed E-state index contributed by atoms with van der Waals surface area (Å²) in [6, 6.07) is 1.26. The maximum absolute atomic E-state index is 13.0. The monoisotopic (exact) mass is 322 g/mol. The highest BCUT2D eigenvalue weighted by atomic mass is 35.5. The van der Waals surface area contributed by atoms with Crippen LogP contribution >= 0.6 is 23.2 Å². The topological polar surface area (TPSA) is 67.4 Å². The molecule has 0 bridgehead atoms. The van der Waals surface area contributed by atoms with Crippen LogP contribution in [0.3, 0.4) is 0 Å². The Bertz CT molecular complexity index is 502. The maximum Gasteiger partial charge on any atom is 0.330 e. The van der Waals surface area contributed by atoms with E-state index in [1.807, 2.05) is 0 Å². The third-order valence-corrected chi connectivity index (χ3v) is 2.95. The molecule has 0 saturated heterocycles. The number of halogens is 3. The smallest absolute Gasteiger partial charge is 0.330 e. The Labute approximate surface area is 125 Å². The molecule has 0 aliphatic carbocycles. The molecule has 2 N–H and O–H groups in total. The first-order valence-electron chi connectivity index (χ1n) is 5.58. The lowest BCUT2D eigenvalue weighted by Crippen LogP contribution is -2.45. The maximum atomic E-state index is 13.0.